The maximum atomic E-state index is 13.7. The second-order valence-corrected chi connectivity index (χ2v) is 9.83. The van der Waals surface area contributed by atoms with Gasteiger partial charge in [-0.05, 0) is 62.1 Å². The summed E-state index contributed by atoms with van der Waals surface area (Å²) in [6.07, 6.45) is 3.02. The van der Waals surface area contributed by atoms with E-state index in [1.54, 1.807) is 12.1 Å². The van der Waals surface area contributed by atoms with E-state index >= 15 is 0 Å². The zero-order valence-corrected chi connectivity index (χ0v) is 19.0. The Labute approximate surface area is 185 Å². The van der Waals surface area contributed by atoms with Crippen molar-refractivity contribution < 1.29 is 12.8 Å². The fourth-order valence-electron chi connectivity index (χ4n) is 4.08. The predicted molar refractivity (Wildman–Crippen MR) is 122 cm³/mol. The molecule has 10 heteroatoms. The molecule has 1 saturated heterocycles. The smallest absolute Gasteiger partial charge is 0.316 e. The van der Waals surface area contributed by atoms with Gasteiger partial charge in [-0.3, -0.25) is 14.3 Å². The van der Waals surface area contributed by atoms with E-state index in [9.17, 15) is 22.4 Å². The lowest BCUT2D eigenvalue weighted by atomic mass is 10.1. The number of nitrogens with zero attached hydrogens (tertiary/aromatic N) is 3. The highest BCUT2D eigenvalue weighted by Gasteiger charge is 2.23. The summed E-state index contributed by atoms with van der Waals surface area (Å²) in [6.45, 7) is 2.99. The zero-order chi connectivity index (χ0) is 23.2. The Morgan fingerprint density at radius 2 is 1.50 bits per heavy atom. The van der Waals surface area contributed by atoms with E-state index in [2.05, 4.69) is 9.62 Å². The monoisotopic (exact) mass is 460 g/mol. The topological polar surface area (TPSA) is 93.4 Å². The number of nitrogens with one attached hydrogen (secondary N) is 1. The SMILES string of the molecule is Cc1cc(S(=O)(=O)Nc2cc3c(cc2N2CCCCC2)n(C)c(=O)c(=O)n3C)ccc1F. The Hall–Kier alpha value is -3.14. The lowest BCUT2D eigenvalue weighted by Crippen LogP contribution is -2.39. The van der Waals surface area contributed by atoms with E-state index in [1.165, 1.54) is 42.3 Å². The van der Waals surface area contributed by atoms with Gasteiger partial charge in [-0.15, -0.1) is 0 Å². The van der Waals surface area contributed by atoms with E-state index in [1.807, 2.05) is 0 Å². The molecule has 1 aliphatic rings. The molecule has 0 amide bonds. The van der Waals surface area contributed by atoms with Crippen molar-refractivity contribution in [2.75, 3.05) is 22.7 Å². The van der Waals surface area contributed by atoms with Crippen LogP contribution in [0, 0.1) is 12.7 Å². The minimum atomic E-state index is -4.02. The molecular formula is C22H25FN4O4S. The van der Waals surface area contributed by atoms with Crippen LogP contribution in [-0.4, -0.2) is 30.6 Å². The number of fused-ring (bicyclic) bond motifs is 1. The van der Waals surface area contributed by atoms with Crippen LogP contribution < -0.4 is 20.7 Å². The number of aromatic nitrogens is 2. The first-order valence-corrected chi connectivity index (χ1v) is 11.9. The molecular weight excluding hydrogens is 435 g/mol. The van der Waals surface area contributed by atoms with Gasteiger partial charge in [0.2, 0.25) is 0 Å². The first-order valence-electron chi connectivity index (χ1n) is 10.4. The van der Waals surface area contributed by atoms with Gasteiger partial charge < -0.3 is 14.0 Å². The molecule has 1 aromatic heterocycles. The van der Waals surface area contributed by atoms with E-state index in [0.29, 0.717) is 22.4 Å². The highest BCUT2D eigenvalue weighted by atomic mass is 32.2. The largest absolute Gasteiger partial charge is 0.370 e. The van der Waals surface area contributed by atoms with Crippen LogP contribution in [-0.2, 0) is 24.1 Å². The summed E-state index contributed by atoms with van der Waals surface area (Å²) in [5, 5.41) is 0. The van der Waals surface area contributed by atoms with Crippen LogP contribution in [0.3, 0.4) is 0 Å². The van der Waals surface area contributed by atoms with E-state index in [4.69, 9.17) is 0 Å². The van der Waals surface area contributed by atoms with Crippen LogP contribution in [0.2, 0.25) is 0 Å². The summed E-state index contributed by atoms with van der Waals surface area (Å²) in [7, 11) is -1.02. The second kappa shape index (κ2) is 8.09. The van der Waals surface area contributed by atoms with Crippen molar-refractivity contribution in [2.24, 2.45) is 14.1 Å². The molecule has 0 bridgehead atoms. The van der Waals surface area contributed by atoms with Gasteiger partial charge in [0.1, 0.15) is 5.82 Å². The van der Waals surface area contributed by atoms with Crippen molar-refractivity contribution in [3.05, 3.63) is 62.4 Å². The first-order chi connectivity index (χ1) is 15.1. The molecule has 0 unspecified atom stereocenters. The molecule has 32 heavy (non-hydrogen) atoms. The van der Waals surface area contributed by atoms with Gasteiger partial charge in [-0.1, -0.05) is 0 Å². The third-order valence-corrected chi connectivity index (χ3v) is 7.35. The Morgan fingerprint density at radius 1 is 0.906 bits per heavy atom. The molecule has 8 nitrogen and oxygen atoms in total. The normalized spacial score (nSPS) is 14.7. The molecule has 170 valence electrons. The summed E-state index contributed by atoms with van der Waals surface area (Å²) in [6, 6.07) is 6.93. The van der Waals surface area contributed by atoms with Gasteiger partial charge >= 0.3 is 11.1 Å². The maximum Gasteiger partial charge on any atom is 0.316 e. The molecule has 0 aliphatic carbocycles. The van der Waals surface area contributed by atoms with Crippen molar-refractivity contribution in [1.29, 1.82) is 0 Å². The number of anilines is 2. The van der Waals surface area contributed by atoms with Crippen LogP contribution in [0.5, 0.6) is 0 Å². The van der Waals surface area contributed by atoms with Gasteiger partial charge in [0.15, 0.2) is 0 Å². The van der Waals surface area contributed by atoms with Crippen molar-refractivity contribution in [1.82, 2.24) is 9.13 Å². The number of hydrogen-bond donors (Lipinski definition) is 1. The summed E-state index contributed by atoms with van der Waals surface area (Å²) in [5.74, 6) is -0.487. The third kappa shape index (κ3) is 3.79. The van der Waals surface area contributed by atoms with E-state index in [-0.39, 0.29) is 10.5 Å². The van der Waals surface area contributed by atoms with Gasteiger partial charge in [0.05, 0.1) is 27.3 Å². The number of hydrogen-bond acceptors (Lipinski definition) is 5. The summed E-state index contributed by atoms with van der Waals surface area (Å²) in [5.41, 5.74) is 0.751. The number of aryl methyl sites for hydroxylation is 3. The van der Waals surface area contributed by atoms with Crippen LogP contribution >= 0.6 is 0 Å². The number of halogens is 1. The minimum Gasteiger partial charge on any atom is -0.370 e. The van der Waals surface area contributed by atoms with Crippen molar-refractivity contribution in [2.45, 2.75) is 31.1 Å². The Morgan fingerprint density at radius 3 is 2.09 bits per heavy atom. The molecule has 3 aromatic rings. The molecule has 1 fully saturated rings. The summed E-state index contributed by atoms with van der Waals surface area (Å²) >= 11 is 0. The van der Waals surface area contributed by atoms with Gasteiger partial charge in [0.25, 0.3) is 10.0 Å². The highest BCUT2D eigenvalue weighted by Crippen LogP contribution is 2.34. The van der Waals surface area contributed by atoms with Crippen LogP contribution in [0.1, 0.15) is 24.8 Å². The number of piperidine rings is 1. The zero-order valence-electron chi connectivity index (χ0n) is 18.2. The standard InChI is InChI=1S/C22H25FN4O4S/c1-14-11-15(7-8-16(14)23)32(30,31)24-17-12-19-20(26(3)22(29)21(28)25(19)2)13-18(17)27-9-5-4-6-10-27/h7-8,11-13,24H,4-6,9-10H2,1-3H3. The Kier molecular flexibility index (Phi) is 5.58. The fourth-order valence-corrected chi connectivity index (χ4v) is 5.23. The lowest BCUT2D eigenvalue weighted by molar-refractivity contribution is 0.578. The maximum absolute atomic E-state index is 13.7. The number of sulfonamides is 1. The van der Waals surface area contributed by atoms with Gasteiger partial charge in [0, 0.05) is 27.2 Å². The van der Waals surface area contributed by atoms with Gasteiger partial charge in [-0.25, -0.2) is 12.8 Å². The molecule has 2 heterocycles. The predicted octanol–water partition coefficient (Wildman–Crippen LogP) is 2.48. The molecule has 0 atom stereocenters. The molecule has 2 aromatic carbocycles. The molecule has 4 rings (SSSR count). The molecule has 0 radical (unpaired) electrons. The molecule has 0 spiro atoms. The quantitative estimate of drug-likeness (QED) is 0.604. The Balaban J connectivity index is 1.92. The average molecular weight is 461 g/mol. The summed E-state index contributed by atoms with van der Waals surface area (Å²) in [4.78, 5) is 26.7. The Bertz CT molecular complexity index is 1440. The third-order valence-electron chi connectivity index (χ3n) is 5.99. The second-order valence-electron chi connectivity index (χ2n) is 8.15. The number of rotatable bonds is 4. The van der Waals surface area contributed by atoms with E-state index < -0.39 is 27.0 Å². The lowest BCUT2D eigenvalue weighted by Gasteiger charge is -2.31. The van der Waals surface area contributed by atoms with Crippen molar-refractivity contribution in [3.63, 3.8) is 0 Å². The average Bonchev–Trinajstić information content (AvgIpc) is 2.78. The first kappa shape index (κ1) is 22.1. The molecule has 0 saturated carbocycles. The highest BCUT2D eigenvalue weighted by molar-refractivity contribution is 7.92. The summed E-state index contributed by atoms with van der Waals surface area (Å²) < 4.78 is 45.1. The fraction of sp³-hybridized carbons (Fsp3) is 0.364. The van der Waals surface area contributed by atoms with Crippen molar-refractivity contribution >= 4 is 32.4 Å². The minimum absolute atomic E-state index is 0.0598. The number of benzene rings is 2. The van der Waals surface area contributed by atoms with Crippen LogP contribution in [0.15, 0.2) is 44.8 Å². The van der Waals surface area contributed by atoms with Gasteiger partial charge in [-0.2, -0.15) is 0 Å². The molecule has 1 N–H and O–H groups in total. The van der Waals surface area contributed by atoms with E-state index in [0.717, 1.165) is 38.4 Å². The van der Waals surface area contributed by atoms with Crippen LogP contribution in [0.4, 0.5) is 15.8 Å². The molecule has 1 aliphatic heterocycles. The van der Waals surface area contributed by atoms with Crippen LogP contribution in [0.25, 0.3) is 11.0 Å². The van der Waals surface area contributed by atoms with Crippen molar-refractivity contribution in [3.8, 4) is 0 Å².